The summed E-state index contributed by atoms with van der Waals surface area (Å²) < 4.78 is 55.5. The largest absolute Gasteiger partial charge is 0.481 e. The predicted octanol–water partition coefficient (Wildman–Crippen LogP) is 7.31. The first kappa shape index (κ1) is 28.9. The molecule has 1 aliphatic heterocycles. The number of halogens is 5. The summed E-state index contributed by atoms with van der Waals surface area (Å²) in [6.45, 7) is 2.97. The van der Waals surface area contributed by atoms with Crippen LogP contribution in [0.4, 0.5) is 17.6 Å². The average molecular weight is 580 g/mol. The zero-order chi connectivity index (χ0) is 29.0. The third-order valence-corrected chi connectivity index (χ3v) is 10.1. The van der Waals surface area contributed by atoms with E-state index < -0.39 is 34.7 Å². The van der Waals surface area contributed by atoms with E-state index >= 15 is 0 Å². The monoisotopic (exact) mass is 579 g/mol. The van der Waals surface area contributed by atoms with Gasteiger partial charge in [0.1, 0.15) is 0 Å². The molecule has 3 unspecified atom stereocenters. The predicted molar refractivity (Wildman–Crippen MR) is 144 cm³/mol. The summed E-state index contributed by atoms with van der Waals surface area (Å²) in [6, 6.07) is 9.92. The van der Waals surface area contributed by atoms with Crippen LogP contribution in [-0.2, 0) is 33.5 Å². The minimum absolute atomic E-state index is 0.0335. The third-order valence-electron chi connectivity index (χ3n) is 9.68. The standard InChI is InChI=1S/C31H34ClF4NO3/c1-18-3-4-19(15-25(18)32)17-30-13-14-37(27(38)20-5-7-21(8-6-20)28(39)40)26(30)12-9-22-16-23(10-11-24(22)30)29(2,33)31(34,35)36/h3-4,10-11,15-16,20-21,26H,5-9,12-14,17H2,1-2H3,(H,39,40). The summed E-state index contributed by atoms with van der Waals surface area (Å²) in [5.41, 5.74) is -0.968. The molecule has 0 radical (unpaired) electrons. The lowest BCUT2D eigenvalue weighted by atomic mass is 9.63. The molecule has 1 N–H and O–H groups in total. The van der Waals surface area contributed by atoms with Crippen LogP contribution in [0.3, 0.4) is 0 Å². The highest BCUT2D eigenvalue weighted by atomic mass is 35.5. The van der Waals surface area contributed by atoms with Crippen molar-refractivity contribution in [1.29, 1.82) is 0 Å². The molecule has 5 rings (SSSR count). The number of carboxylic acid groups (broad SMARTS) is 1. The molecule has 0 bridgehead atoms. The summed E-state index contributed by atoms with van der Waals surface area (Å²) in [5, 5.41) is 9.98. The Kier molecular flexibility index (Phi) is 7.47. The van der Waals surface area contributed by atoms with Crippen molar-refractivity contribution in [2.45, 2.75) is 88.5 Å². The first-order chi connectivity index (χ1) is 18.7. The van der Waals surface area contributed by atoms with Gasteiger partial charge in [0, 0.05) is 28.9 Å². The highest BCUT2D eigenvalue weighted by Crippen LogP contribution is 2.51. The number of aliphatic carboxylic acids is 1. The van der Waals surface area contributed by atoms with Gasteiger partial charge in [0.25, 0.3) is 0 Å². The molecule has 3 atom stereocenters. The van der Waals surface area contributed by atoms with Crippen molar-refractivity contribution in [3.8, 4) is 0 Å². The second-order valence-corrected chi connectivity index (χ2v) is 12.4. The number of carboxylic acids is 1. The molecule has 0 spiro atoms. The van der Waals surface area contributed by atoms with Gasteiger partial charge in [-0.25, -0.2) is 4.39 Å². The Morgan fingerprint density at radius 2 is 1.70 bits per heavy atom. The van der Waals surface area contributed by atoms with Gasteiger partial charge in [0.2, 0.25) is 11.6 Å². The lowest BCUT2D eigenvalue weighted by molar-refractivity contribution is -0.228. The number of aryl methyl sites for hydroxylation is 2. The van der Waals surface area contributed by atoms with Crippen molar-refractivity contribution in [1.82, 2.24) is 4.90 Å². The van der Waals surface area contributed by atoms with Gasteiger partial charge in [-0.05, 0) is 99.1 Å². The average Bonchev–Trinajstić information content (AvgIpc) is 3.28. The van der Waals surface area contributed by atoms with E-state index in [0.717, 1.165) is 16.7 Å². The zero-order valence-electron chi connectivity index (χ0n) is 22.7. The molecule has 4 nitrogen and oxygen atoms in total. The highest BCUT2D eigenvalue weighted by Gasteiger charge is 2.56. The van der Waals surface area contributed by atoms with Crippen LogP contribution in [0.25, 0.3) is 0 Å². The van der Waals surface area contributed by atoms with E-state index in [0.29, 0.717) is 75.4 Å². The first-order valence-corrected chi connectivity index (χ1v) is 14.3. The van der Waals surface area contributed by atoms with Gasteiger partial charge >= 0.3 is 12.1 Å². The number of hydrogen-bond acceptors (Lipinski definition) is 2. The maximum absolute atomic E-state index is 14.9. The summed E-state index contributed by atoms with van der Waals surface area (Å²) in [7, 11) is 0. The molecular weight excluding hydrogens is 546 g/mol. The second kappa shape index (κ2) is 10.3. The van der Waals surface area contributed by atoms with E-state index in [1.807, 2.05) is 30.0 Å². The minimum atomic E-state index is -5.04. The third kappa shape index (κ3) is 4.90. The molecule has 2 aromatic rings. The van der Waals surface area contributed by atoms with Crippen LogP contribution in [0.1, 0.15) is 73.3 Å². The quantitative estimate of drug-likeness (QED) is 0.378. The molecule has 1 saturated heterocycles. The fourth-order valence-electron chi connectivity index (χ4n) is 7.22. The lowest BCUT2D eigenvalue weighted by Gasteiger charge is -2.45. The van der Waals surface area contributed by atoms with Gasteiger partial charge in [-0.15, -0.1) is 0 Å². The molecule has 9 heteroatoms. The highest BCUT2D eigenvalue weighted by molar-refractivity contribution is 6.31. The van der Waals surface area contributed by atoms with E-state index in [2.05, 4.69) is 0 Å². The summed E-state index contributed by atoms with van der Waals surface area (Å²) in [6.07, 6.45) is -0.851. The summed E-state index contributed by atoms with van der Waals surface area (Å²) in [4.78, 5) is 27.2. The number of rotatable bonds is 5. The number of amides is 1. The molecule has 1 saturated carbocycles. The number of carbonyl (C=O) groups excluding carboxylic acids is 1. The molecule has 1 heterocycles. The van der Waals surface area contributed by atoms with Gasteiger partial charge in [-0.1, -0.05) is 41.9 Å². The van der Waals surface area contributed by atoms with E-state index in [1.54, 1.807) is 6.07 Å². The van der Waals surface area contributed by atoms with E-state index in [9.17, 15) is 32.3 Å². The van der Waals surface area contributed by atoms with Crippen LogP contribution in [0.5, 0.6) is 0 Å². The van der Waals surface area contributed by atoms with Crippen LogP contribution in [-0.4, -0.2) is 40.6 Å². The molecule has 40 heavy (non-hydrogen) atoms. The van der Waals surface area contributed by atoms with Crippen molar-refractivity contribution >= 4 is 23.5 Å². The number of carbonyl (C=O) groups is 2. The van der Waals surface area contributed by atoms with Crippen LogP contribution < -0.4 is 0 Å². The van der Waals surface area contributed by atoms with Gasteiger partial charge in [-0.2, -0.15) is 13.2 Å². The normalized spacial score (nSPS) is 28.0. The molecule has 216 valence electrons. The maximum atomic E-state index is 14.9. The Morgan fingerprint density at radius 1 is 1.02 bits per heavy atom. The smallest absolute Gasteiger partial charge is 0.426 e. The van der Waals surface area contributed by atoms with Crippen LogP contribution in [0.2, 0.25) is 5.02 Å². The lowest BCUT2D eigenvalue weighted by Crippen LogP contribution is -2.51. The summed E-state index contributed by atoms with van der Waals surface area (Å²) >= 11 is 6.45. The van der Waals surface area contributed by atoms with Crippen molar-refractivity contribution in [2.24, 2.45) is 11.8 Å². The van der Waals surface area contributed by atoms with E-state index in [1.165, 1.54) is 12.1 Å². The molecule has 3 aliphatic rings. The summed E-state index contributed by atoms with van der Waals surface area (Å²) in [5.74, 6) is -1.43. The number of likely N-dealkylation sites (tertiary alicyclic amines) is 1. The Morgan fingerprint density at radius 3 is 2.33 bits per heavy atom. The molecule has 2 fully saturated rings. The number of hydrogen-bond donors (Lipinski definition) is 1. The van der Waals surface area contributed by atoms with Gasteiger partial charge in [0.05, 0.1) is 5.92 Å². The molecular formula is C31H34ClF4NO3. The van der Waals surface area contributed by atoms with E-state index in [-0.39, 0.29) is 17.9 Å². The molecule has 0 aromatic heterocycles. The van der Waals surface area contributed by atoms with Crippen LogP contribution >= 0.6 is 11.6 Å². The van der Waals surface area contributed by atoms with Crippen molar-refractivity contribution in [3.05, 3.63) is 69.2 Å². The number of nitrogens with zero attached hydrogens (tertiary/aromatic N) is 1. The first-order valence-electron chi connectivity index (χ1n) is 13.9. The number of benzene rings is 2. The van der Waals surface area contributed by atoms with Crippen LogP contribution in [0, 0.1) is 18.8 Å². The molecule has 2 aliphatic carbocycles. The Balaban J connectivity index is 1.51. The van der Waals surface area contributed by atoms with Gasteiger partial charge < -0.3 is 10.0 Å². The Hall–Kier alpha value is -2.61. The van der Waals surface area contributed by atoms with Gasteiger partial charge in [-0.3, -0.25) is 9.59 Å². The topological polar surface area (TPSA) is 57.6 Å². The molecule has 2 aromatic carbocycles. The zero-order valence-corrected chi connectivity index (χ0v) is 23.4. The SMILES string of the molecule is Cc1ccc(CC23CCN(C(=O)C4CCC(C(=O)O)CC4)C2CCc2cc(C(C)(F)C(F)(F)F)ccc23)cc1Cl. The van der Waals surface area contributed by atoms with Gasteiger partial charge in [0.15, 0.2) is 0 Å². The fourth-order valence-corrected chi connectivity index (χ4v) is 7.42. The van der Waals surface area contributed by atoms with Crippen LogP contribution in [0.15, 0.2) is 36.4 Å². The fraction of sp³-hybridized carbons (Fsp3) is 0.548. The van der Waals surface area contributed by atoms with Crippen molar-refractivity contribution < 1.29 is 32.3 Å². The second-order valence-electron chi connectivity index (χ2n) is 12.0. The van der Waals surface area contributed by atoms with E-state index in [4.69, 9.17) is 11.6 Å². The Labute approximate surface area is 236 Å². The van der Waals surface area contributed by atoms with Crippen molar-refractivity contribution in [2.75, 3.05) is 6.54 Å². The number of fused-ring (bicyclic) bond motifs is 3. The van der Waals surface area contributed by atoms with Crippen molar-refractivity contribution in [3.63, 3.8) is 0 Å². The minimum Gasteiger partial charge on any atom is -0.481 e. The Bertz CT molecular complexity index is 1320. The molecule has 1 amide bonds. The number of alkyl halides is 4. The maximum Gasteiger partial charge on any atom is 0.426 e.